The van der Waals surface area contributed by atoms with Gasteiger partial charge in [-0.15, -0.1) is 0 Å². The third-order valence-electron chi connectivity index (χ3n) is 2.39. The number of carbonyl (C=O) groups is 1. The summed E-state index contributed by atoms with van der Waals surface area (Å²) in [5.74, 6) is 0.136. The summed E-state index contributed by atoms with van der Waals surface area (Å²) in [6.07, 6.45) is 4.84. The minimum atomic E-state index is -0.188. The molecule has 2 aromatic heterocycles. The molecule has 0 fully saturated rings. The lowest BCUT2D eigenvalue weighted by atomic mass is 10.2. The molecule has 5 heteroatoms. The molecule has 90 valence electrons. The second kappa shape index (κ2) is 5.23. The van der Waals surface area contributed by atoms with Crippen molar-refractivity contribution in [3.63, 3.8) is 0 Å². The van der Waals surface area contributed by atoms with Gasteiger partial charge in [0.15, 0.2) is 10.4 Å². The molecule has 0 aliphatic carbocycles. The second-order valence-electron chi connectivity index (χ2n) is 3.79. The van der Waals surface area contributed by atoms with E-state index in [0.717, 1.165) is 6.42 Å². The molecule has 1 amide bonds. The first-order valence-corrected chi connectivity index (χ1v) is 6.09. The van der Waals surface area contributed by atoms with E-state index in [-0.39, 0.29) is 5.91 Å². The Hall–Kier alpha value is -1.49. The molecule has 4 nitrogen and oxygen atoms in total. The Labute approximate surface area is 108 Å². The number of aryl methyl sites for hydroxylation is 1. The maximum absolute atomic E-state index is 11.6. The van der Waals surface area contributed by atoms with E-state index in [1.54, 1.807) is 12.1 Å². The van der Waals surface area contributed by atoms with Gasteiger partial charge in [0.2, 0.25) is 0 Å². The van der Waals surface area contributed by atoms with Crippen LogP contribution in [0.4, 0.5) is 0 Å². The summed E-state index contributed by atoms with van der Waals surface area (Å²) in [5, 5.41) is 2.81. The zero-order chi connectivity index (χ0) is 12.3. The highest BCUT2D eigenvalue weighted by molar-refractivity contribution is 9.10. The summed E-state index contributed by atoms with van der Waals surface area (Å²) in [6.45, 7) is 0.598. The first kappa shape index (κ1) is 12.0. The normalized spacial score (nSPS) is 10.5. The van der Waals surface area contributed by atoms with Crippen LogP contribution in [0.1, 0.15) is 16.1 Å². The highest BCUT2D eigenvalue weighted by Crippen LogP contribution is 2.13. The van der Waals surface area contributed by atoms with Crippen LogP contribution in [-0.2, 0) is 13.5 Å². The van der Waals surface area contributed by atoms with Crippen molar-refractivity contribution in [2.24, 2.45) is 7.05 Å². The fourth-order valence-electron chi connectivity index (χ4n) is 1.55. The molecule has 1 N–H and O–H groups in total. The van der Waals surface area contributed by atoms with Gasteiger partial charge in [0, 0.05) is 26.0 Å². The van der Waals surface area contributed by atoms with Crippen LogP contribution in [-0.4, -0.2) is 17.0 Å². The molecule has 0 bridgehead atoms. The molecule has 2 rings (SSSR count). The van der Waals surface area contributed by atoms with Crippen molar-refractivity contribution in [2.45, 2.75) is 6.42 Å². The van der Waals surface area contributed by atoms with Crippen LogP contribution in [0.2, 0.25) is 0 Å². The van der Waals surface area contributed by atoms with E-state index in [1.807, 2.05) is 30.1 Å². The molecule has 0 aliphatic rings. The molecule has 2 aromatic rings. The lowest BCUT2D eigenvalue weighted by molar-refractivity contribution is 0.0925. The predicted octanol–water partition coefficient (Wildman–Crippen LogP) is 2.35. The van der Waals surface area contributed by atoms with E-state index < -0.39 is 0 Å². The number of hydrogen-bond acceptors (Lipinski definition) is 2. The third kappa shape index (κ3) is 3.23. The van der Waals surface area contributed by atoms with Crippen LogP contribution in [0.5, 0.6) is 0 Å². The second-order valence-corrected chi connectivity index (χ2v) is 4.58. The van der Waals surface area contributed by atoms with Crippen LogP contribution < -0.4 is 5.32 Å². The Bertz CT molecular complexity index is 516. The molecule has 0 aromatic carbocycles. The van der Waals surface area contributed by atoms with Gasteiger partial charge in [-0.2, -0.15) is 0 Å². The minimum absolute atomic E-state index is 0.188. The van der Waals surface area contributed by atoms with Crippen LogP contribution in [0, 0.1) is 0 Å². The summed E-state index contributed by atoms with van der Waals surface area (Å²) < 4.78 is 7.70. The average molecular weight is 297 g/mol. The van der Waals surface area contributed by atoms with Crippen LogP contribution in [0.25, 0.3) is 0 Å². The molecular formula is C12H13BrN2O2. The molecule has 0 radical (unpaired) electrons. The SMILES string of the molecule is Cn1ccc(CCNC(=O)c2ccc(Br)o2)c1. The maximum atomic E-state index is 11.6. The Morgan fingerprint density at radius 3 is 2.88 bits per heavy atom. The number of amides is 1. The molecule has 0 saturated carbocycles. The smallest absolute Gasteiger partial charge is 0.287 e. The number of furan rings is 1. The van der Waals surface area contributed by atoms with E-state index in [1.165, 1.54) is 5.56 Å². The zero-order valence-electron chi connectivity index (χ0n) is 9.44. The molecular weight excluding hydrogens is 284 g/mol. The third-order valence-corrected chi connectivity index (χ3v) is 2.82. The Balaban J connectivity index is 1.81. The molecule has 17 heavy (non-hydrogen) atoms. The van der Waals surface area contributed by atoms with E-state index in [0.29, 0.717) is 17.0 Å². The summed E-state index contributed by atoms with van der Waals surface area (Å²) >= 11 is 3.16. The van der Waals surface area contributed by atoms with Gasteiger partial charge in [0.05, 0.1) is 0 Å². The molecule has 0 saturated heterocycles. The summed E-state index contributed by atoms with van der Waals surface area (Å²) in [7, 11) is 1.97. The summed E-state index contributed by atoms with van der Waals surface area (Å²) in [6, 6.07) is 5.38. The number of aromatic nitrogens is 1. The van der Waals surface area contributed by atoms with Crippen molar-refractivity contribution in [3.8, 4) is 0 Å². The topological polar surface area (TPSA) is 47.2 Å². The number of carbonyl (C=O) groups excluding carboxylic acids is 1. The fourth-order valence-corrected chi connectivity index (χ4v) is 1.86. The zero-order valence-corrected chi connectivity index (χ0v) is 11.0. The van der Waals surface area contributed by atoms with Crippen molar-refractivity contribution >= 4 is 21.8 Å². The van der Waals surface area contributed by atoms with Crippen molar-refractivity contribution in [3.05, 3.63) is 46.6 Å². The monoisotopic (exact) mass is 296 g/mol. The number of rotatable bonds is 4. The van der Waals surface area contributed by atoms with Gasteiger partial charge >= 0.3 is 0 Å². The number of halogens is 1. The molecule has 0 atom stereocenters. The van der Waals surface area contributed by atoms with Gasteiger partial charge in [-0.05, 0) is 46.1 Å². The van der Waals surface area contributed by atoms with Crippen LogP contribution in [0.3, 0.4) is 0 Å². The standard InChI is InChI=1S/C12H13BrN2O2/c1-15-7-5-9(8-15)4-6-14-12(16)10-2-3-11(13)17-10/h2-3,5,7-8H,4,6H2,1H3,(H,14,16). The summed E-state index contributed by atoms with van der Waals surface area (Å²) in [4.78, 5) is 11.6. The lowest BCUT2D eigenvalue weighted by Gasteiger charge is -2.01. The predicted molar refractivity (Wildman–Crippen MR) is 67.9 cm³/mol. The number of nitrogens with zero attached hydrogens (tertiary/aromatic N) is 1. The van der Waals surface area contributed by atoms with Crippen molar-refractivity contribution in [2.75, 3.05) is 6.54 Å². The highest BCUT2D eigenvalue weighted by atomic mass is 79.9. The number of hydrogen-bond donors (Lipinski definition) is 1. The Morgan fingerprint density at radius 1 is 1.47 bits per heavy atom. The minimum Gasteiger partial charge on any atom is -0.444 e. The van der Waals surface area contributed by atoms with Gasteiger partial charge in [0.25, 0.3) is 5.91 Å². The van der Waals surface area contributed by atoms with Gasteiger partial charge in [0.1, 0.15) is 0 Å². The fraction of sp³-hybridized carbons (Fsp3) is 0.250. The Kier molecular flexibility index (Phi) is 3.68. The highest BCUT2D eigenvalue weighted by Gasteiger charge is 2.09. The van der Waals surface area contributed by atoms with E-state index >= 15 is 0 Å². The summed E-state index contributed by atoms with van der Waals surface area (Å²) in [5.41, 5.74) is 1.20. The molecule has 0 spiro atoms. The average Bonchev–Trinajstić information content (AvgIpc) is 2.88. The van der Waals surface area contributed by atoms with Crippen molar-refractivity contribution in [1.82, 2.24) is 9.88 Å². The van der Waals surface area contributed by atoms with Gasteiger partial charge in [-0.1, -0.05) is 0 Å². The first-order valence-electron chi connectivity index (χ1n) is 5.29. The van der Waals surface area contributed by atoms with Crippen LogP contribution >= 0.6 is 15.9 Å². The maximum Gasteiger partial charge on any atom is 0.287 e. The van der Waals surface area contributed by atoms with Crippen molar-refractivity contribution < 1.29 is 9.21 Å². The molecule has 0 aliphatic heterocycles. The Morgan fingerprint density at radius 2 is 2.29 bits per heavy atom. The lowest BCUT2D eigenvalue weighted by Crippen LogP contribution is -2.25. The van der Waals surface area contributed by atoms with Gasteiger partial charge in [-0.3, -0.25) is 4.79 Å². The first-order chi connectivity index (χ1) is 8.15. The molecule has 2 heterocycles. The quantitative estimate of drug-likeness (QED) is 0.941. The molecule has 0 unspecified atom stereocenters. The van der Waals surface area contributed by atoms with Gasteiger partial charge in [-0.25, -0.2) is 0 Å². The van der Waals surface area contributed by atoms with Crippen molar-refractivity contribution in [1.29, 1.82) is 0 Å². The van der Waals surface area contributed by atoms with E-state index in [2.05, 4.69) is 21.2 Å². The van der Waals surface area contributed by atoms with Gasteiger partial charge < -0.3 is 14.3 Å². The van der Waals surface area contributed by atoms with E-state index in [4.69, 9.17) is 4.42 Å². The largest absolute Gasteiger partial charge is 0.444 e. The number of nitrogens with one attached hydrogen (secondary N) is 1. The van der Waals surface area contributed by atoms with E-state index in [9.17, 15) is 4.79 Å². The van der Waals surface area contributed by atoms with Crippen LogP contribution in [0.15, 0.2) is 39.7 Å².